The Labute approximate surface area is 238 Å². The van der Waals surface area contributed by atoms with Gasteiger partial charge in [-0.05, 0) is 146 Å². The number of phenolic OH excluding ortho intramolecular Hbond substituents is 1. The molecule has 0 bridgehead atoms. The fraction of sp³-hybridized carbons (Fsp3) is 0.639. The van der Waals surface area contributed by atoms with Crippen LogP contribution in [-0.4, -0.2) is 22.1 Å². The number of hydrogen-bond donors (Lipinski definition) is 2. The van der Waals surface area contributed by atoms with Crippen LogP contribution in [0.2, 0.25) is 0 Å². The molecule has 4 heteroatoms. The van der Waals surface area contributed by atoms with E-state index in [1.807, 2.05) is 6.07 Å². The Balaban J connectivity index is 1.07. The number of benzene rings is 2. The van der Waals surface area contributed by atoms with Crippen molar-refractivity contribution >= 4 is 5.78 Å². The van der Waals surface area contributed by atoms with Crippen LogP contribution in [0.1, 0.15) is 112 Å². The highest BCUT2D eigenvalue weighted by Gasteiger charge is 2.56. The summed E-state index contributed by atoms with van der Waals surface area (Å²) in [5.74, 6) is 5.63. The largest absolute Gasteiger partial charge is 0.504 e. The van der Waals surface area contributed by atoms with Crippen LogP contribution in [0.15, 0.2) is 30.3 Å². The molecule has 4 nitrogen and oxygen atoms in total. The number of fused-ring (bicyclic) bond motifs is 10. The first kappa shape index (κ1) is 25.4. The van der Waals surface area contributed by atoms with E-state index in [1.54, 1.807) is 0 Å². The second-order valence-corrected chi connectivity index (χ2v) is 14.8. The van der Waals surface area contributed by atoms with Crippen LogP contribution in [0, 0.1) is 34.5 Å². The van der Waals surface area contributed by atoms with Crippen molar-refractivity contribution in [2.45, 2.75) is 109 Å². The van der Waals surface area contributed by atoms with Crippen molar-refractivity contribution in [1.29, 1.82) is 0 Å². The summed E-state index contributed by atoms with van der Waals surface area (Å²) in [5, 5.41) is 21.7. The van der Waals surface area contributed by atoms with Gasteiger partial charge >= 0.3 is 0 Å². The fourth-order valence-corrected chi connectivity index (χ4v) is 11.2. The van der Waals surface area contributed by atoms with E-state index in [4.69, 9.17) is 4.74 Å². The number of ether oxygens (including phenoxy) is 1. The molecule has 6 aliphatic rings. The number of carbonyl (C=O) groups is 1. The van der Waals surface area contributed by atoms with Crippen LogP contribution in [-0.2, 0) is 17.6 Å². The van der Waals surface area contributed by atoms with Gasteiger partial charge in [-0.1, -0.05) is 26.0 Å². The van der Waals surface area contributed by atoms with Gasteiger partial charge < -0.3 is 14.9 Å². The third-order valence-electron chi connectivity index (χ3n) is 13.4. The van der Waals surface area contributed by atoms with Crippen molar-refractivity contribution in [1.82, 2.24) is 0 Å². The first-order chi connectivity index (χ1) is 19.3. The number of aryl methyl sites for hydroxylation is 1. The third-order valence-corrected chi connectivity index (χ3v) is 13.4. The first-order valence-electron chi connectivity index (χ1n) is 16.1. The van der Waals surface area contributed by atoms with Gasteiger partial charge in [0.1, 0.15) is 11.5 Å². The average molecular weight is 541 g/mol. The van der Waals surface area contributed by atoms with Crippen molar-refractivity contribution in [3.05, 3.63) is 52.6 Å². The zero-order chi connectivity index (χ0) is 27.4. The molecular weight excluding hydrogens is 496 g/mol. The Kier molecular flexibility index (Phi) is 5.61. The van der Waals surface area contributed by atoms with Gasteiger partial charge in [0.15, 0.2) is 11.5 Å². The lowest BCUT2D eigenvalue weighted by atomic mass is 9.55. The Morgan fingerprint density at radius 2 is 1.55 bits per heavy atom. The summed E-state index contributed by atoms with van der Waals surface area (Å²) in [6.45, 7) is 4.57. The topological polar surface area (TPSA) is 66.8 Å². The highest BCUT2D eigenvalue weighted by Crippen LogP contribution is 2.62. The van der Waals surface area contributed by atoms with Gasteiger partial charge in [-0.3, -0.25) is 4.79 Å². The van der Waals surface area contributed by atoms with Crippen molar-refractivity contribution in [3.63, 3.8) is 0 Å². The molecule has 0 unspecified atom stereocenters. The van der Waals surface area contributed by atoms with E-state index in [-0.39, 0.29) is 22.7 Å². The number of aliphatic hydroxyl groups excluding tert-OH is 1. The minimum absolute atomic E-state index is 0.106. The number of hydrogen-bond acceptors (Lipinski definition) is 4. The monoisotopic (exact) mass is 540 g/mol. The summed E-state index contributed by atoms with van der Waals surface area (Å²) >= 11 is 0. The number of aliphatic hydroxyl groups is 1. The minimum atomic E-state index is -0.130. The number of ketones is 1. The fourth-order valence-electron chi connectivity index (χ4n) is 11.2. The molecule has 2 aromatic rings. The Morgan fingerprint density at radius 3 is 2.42 bits per heavy atom. The normalized spacial score (nSPS) is 41.3. The molecule has 0 saturated heterocycles. The highest BCUT2D eigenvalue weighted by atomic mass is 16.5. The molecule has 2 N–H and O–H groups in total. The molecule has 0 aliphatic heterocycles. The summed E-state index contributed by atoms with van der Waals surface area (Å²) in [7, 11) is 0. The summed E-state index contributed by atoms with van der Waals surface area (Å²) in [6.07, 6.45) is 12.4. The number of carbonyl (C=O) groups excluding carboxylic acids is 1. The third kappa shape index (κ3) is 3.44. The van der Waals surface area contributed by atoms with Crippen LogP contribution in [0.25, 0.3) is 0 Å². The summed E-state index contributed by atoms with van der Waals surface area (Å²) in [4.78, 5) is 12.7. The van der Waals surface area contributed by atoms with Crippen molar-refractivity contribution in [2.75, 3.05) is 0 Å². The zero-order valence-corrected chi connectivity index (χ0v) is 24.1. The predicted molar refractivity (Wildman–Crippen MR) is 155 cm³/mol. The molecule has 4 saturated carbocycles. The maximum Gasteiger partial charge on any atom is 0.172 e. The SMILES string of the molecule is C[C@]12CC[C@@H]3c4ccc(Oc5c(O)ccc6c5CC[C@@H]5[C@@H]6CC[C@]6(C)C(=O)CC[C@@H]56)cc4CC[C@H]3[C@@H]1CC[C@@H]2O. The molecule has 0 radical (unpaired) electrons. The van der Waals surface area contributed by atoms with E-state index in [0.29, 0.717) is 47.0 Å². The van der Waals surface area contributed by atoms with Crippen LogP contribution in [0.4, 0.5) is 0 Å². The summed E-state index contributed by atoms with van der Waals surface area (Å²) in [6, 6.07) is 10.6. The number of aromatic hydroxyl groups is 1. The Bertz CT molecular complexity index is 1380. The van der Waals surface area contributed by atoms with Gasteiger partial charge in [0.05, 0.1) is 6.10 Å². The quantitative estimate of drug-likeness (QED) is 0.407. The van der Waals surface area contributed by atoms with Crippen molar-refractivity contribution < 1.29 is 19.7 Å². The first-order valence-corrected chi connectivity index (χ1v) is 16.1. The lowest BCUT2D eigenvalue weighted by Crippen LogP contribution is -2.43. The molecule has 212 valence electrons. The zero-order valence-electron chi connectivity index (χ0n) is 24.1. The van der Waals surface area contributed by atoms with Gasteiger partial charge in [0, 0.05) is 17.4 Å². The van der Waals surface area contributed by atoms with E-state index >= 15 is 0 Å². The van der Waals surface area contributed by atoms with Crippen molar-refractivity contribution in [3.8, 4) is 17.2 Å². The Morgan fingerprint density at radius 1 is 0.800 bits per heavy atom. The predicted octanol–water partition coefficient (Wildman–Crippen LogP) is 7.83. The van der Waals surface area contributed by atoms with E-state index in [0.717, 1.165) is 63.5 Å². The Hall–Kier alpha value is -2.33. The lowest BCUT2D eigenvalue weighted by Gasteiger charge is -2.50. The van der Waals surface area contributed by atoms with Gasteiger partial charge in [-0.15, -0.1) is 0 Å². The second-order valence-electron chi connectivity index (χ2n) is 14.8. The molecule has 0 aromatic heterocycles. The molecule has 0 amide bonds. The van der Waals surface area contributed by atoms with E-state index in [2.05, 4.69) is 38.1 Å². The maximum atomic E-state index is 12.7. The van der Waals surface area contributed by atoms with Crippen LogP contribution in [0.5, 0.6) is 17.2 Å². The second kappa shape index (κ2) is 8.84. The smallest absolute Gasteiger partial charge is 0.172 e. The van der Waals surface area contributed by atoms with Gasteiger partial charge in [0.2, 0.25) is 0 Å². The minimum Gasteiger partial charge on any atom is -0.504 e. The van der Waals surface area contributed by atoms with E-state index in [1.165, 1.54) is 41.5 Å². The van der Waals surface area contributed by atoms with Gasteiger partial charge in [-0.2, -0.15) is 0 Å². The molecular formula is C36H44O4. The highest BCUT2D eigenvalue weighted by molar-refractivity contribution is 5.87. The molecule has 9 atom stereocenters. The lowest BCUT2D eigenvalue weighted by molar-refractivity contribution is -0.129. The molecule has 6 aliphatic carbocycles. The molecule has 2 aromatic carbocycles. The number of rotatable bonds is 2. The van der Waals surface area contributed by atoms with Crippen LogP contribution >= 0.6 is 0 Å². The maximum absolute atomic E-state index is 12.7. The van der Waals surface area contributed by atoms with E-state index in [9.17, 15) is 15.0 Å². The van der Waals surface area contributed by atoms with Gasteiger partial charge in [-0.25, -0.2) is 0 Å². The molecule has 0 spiro atoms. The van der Waals surface area contributed by atoms with E-state index < -0.39 is 0 Å². The molecule has 40 heavy (non-hydrogen) atoms. The van der Waals surface area contributed by atoms with Crippen molar-refractivity contribution in [2.24, 2.45) is 34.5 Å². The standard InChI is InChI=1S/C36H44O4/c1-35-17-15-24-22-6-4-21(19-20(22)3-5-26(24)29(35)10-13-32(35)38)40-34-28-8-7-27-25(23(28)9-12-31(34)37)16-18-36(2)30(27)11-14-33(36)39/h4,6,9,12,19,24-27,29-30,32,37-38H,3,5,7-8,10-11,13-18H2,1-2H3/t24-,25-,26-,27-,29+,30+,32+,35+,36+/m1/s1. The van der Waals surface area contributed by atoms with Gasteiger partial charge in [0.25, 0.3) is 0 Å². The summed E-state index contributed by atoms with van der Waals surface area (Å²) < 4.78 is 6.58. The summed E-state index contributed by atoms with van der Waals surface area (Å²) in [5.41, 5.74) is 5.40. The average Bonchev–Trinajstić information content (AvgIpc) is 3.44. The van der Waals surface area contributed by atoms with Crippen LogP contribution in [0.3, 0.4) is 0 Å². The number of phenols is 1. The molecule has 0 heterocycles. The molecule has 8 rings (SSSR count). The number of Topliss-reactive ketones (excluding diaryl/α,β-unsaturated/α-hetero) is 1. The van der Waals surface area contributed by atoms with Crippen LogP contribution < -0.4 is 4.74 Å². The molecule has 4 fully saturated rings.